The molecule has 1 aromatic heterocycles. The fourth-order valence-corrected chi connectivity index (χ4v) is 2.49. The SMILES string of the molecule is O=C(O)C1CNCC1c1ccc2ccoc2c1. The molecule has 2 atom stereocenters. The lowest BCUT2D eigenvalue weighted by molar-refractivity contribution is -0.141. The van der Waals surface area contributed by atoms with Gasteiger partial charge < -0.3 is 14.8 Å². The van der Waals surface area contributed by atoms with Gasteiger partial charge in [-0.05, 0) is 17.7 Å². The van der Waals surface area contributed by atoms with Crippen LogP contribution in [0.1, 0.15) is 11.5 Å². The minimum atomic E-state index is -0.737. The van der Waals surface area contributed by atoms with Crippen LogP contribution in [0.25, 0.3) is 11.0 Å². The molecule has 0 bridgehead atoms. The van der Waals surface area contributed by atoms with Gasteiger partial charge in [0.05, 0.1) is 12.2 Å². The lowest BCUT2D eigenvalue weighted by Crippen LogP contribution is -2.20. The van der Waals surface area contributed by atoms with E-state index in [2.05, 4.69) is 5.32 Å². The van der Waals surface area contributed by atoms with Crippen molar-refractivity contribution in [1.82, 2.24) is 5.32 Å². The molecule has 0 spiro atoms. The Morgan fingerprint density at radius 1 is 1.35 bits per heavy atom. The molecule has 17 heavy (non-hydrogen) atoms. The van der Waals surface area contributed by atoms with Gasteiger partial charge in [-0.2, -0.15) is 0 Å². The van der Waals surface area contributed by atoms with Crippen LogP contribution in [-0.4, -0.2) is 24.2 Å². The van der Waals surface area contributed by atoms with Crippen LogP contribution in [0.15, 0.2) is 34.9 Å². The van der Waals surface area contributed by atoms with E-state index >= 15 is 0 Å². The standard InChI is InChI=1S/C13H13NO3/c15-13(16)11-7-14-6-10(11)9-2-1-8-3-4-17-12(8)5-9/h1-5,10-11,14H,6-7H2,(H,15,16). The number of hydrogen-bond acceptors (Lipinski definition) is 3. The predicted octanol–water partition coefficient (Wildman–Crippen LogP) is 1.82. The second-order valence-corrected chi connectivity index (χ2v) is 4.43. The first-order valence-electron chi connectivity index (χ1n) is 5.66. The number of furan rings is 1. The maximum Gasteiger partial charge on any atom is 0.308 e. The average molecular weight is 231 g/mol. The maximum atomic E-state index is 11.1. The highest BCUT2D eigenvalue weighted by Gasteiger charge is 2.33. The first kappa shape index (κ1) is 10.4. The summed E-state index contributed by atoms with van der Waals surface area (Å²) in [5.74, 6) is -1.05. The molecule has 4 nitrogen and oxygen atoms in total. The molecule has 0 radical (unpaired) electrons. The molecule has 1 saturated heterocycles. The second-order valence-electron chi connectivity index (χ2n) is 4.43. The van der Waals surface area contributed by atoms with Crippen LogP contribution in [0.4, 0.5) is 0 Å². The molecule has 1 fully saturated rings. The quantitative estimate of drug-likeness (QED) is 0.827. The topological polar surface area (TPSA) is 62.5 Å². The summed E-state index contributed by atoms with van der Waals surface area (Å²) in [5.41, 5.74) is 1.85. The van der Waals surface area contributed by atoms with E-state index in [1.165, 1.54) is 0 Å². The molecule has 2 unspecified atom stereocenters. The van der Waals surface area contributed by atoms with E-state index in [1.807, 2.05) is 24.3 Å². The highest BCUT2D eigenvalue weighted by molar-refractivity contribution is 5.78. The highest BCUT2D eigenvalue weighted by atomic mass is 16.4. The molecule has 1 aromatic carbocycles. The first-order valence-corrected chi connectivity index (χ1v) is 5.66. The molecular formula is C13H13NO3. The summed E-state index contributed by atoms with van der Waals surface area (Å²) in [6.45, 7) is 1.25. The zero-order chi connectivity index (χ0) is 11.8. The second kappa shape index (κ2) is 3.89. The van der Waals surface area contributed by atoms with Crippen molar-refractivity contribution in [2.45, 2.75) is 5.92 Å². The van der Waals surface area contributed by atoms with Crippen molar-refractivity contribution in [2.24, 2.45) is 5.92 Å². The molecule has 1 aliphatic heterocycles. The van der Waals surface area contributed by atoms with Gasteiger partial charge in [0.2, 0.25) is 0 Å². The van der Waals surface area contributed by atoms with Crippen molar-refractivity contribution in [3.05, 3.63) is 36.1 Å². The summed E-state index contributed by atoms with van der Waals surface area (Å²) in [6.07, 6.45) is 1.65. The Bertz CT molecular complexity index is 561. The molecule has 3 rings (SSSR count). The van der Waals surface area contributed by atoms with Gasteiger partial charge in [-0.1, -0.05) is 12.1 Å². The summed E-state index contributed by atoms with van der Waals surface area (Å²) in [7, 11) is 0. The third kappa shape index (κ3) is 1.70. The molecule has 1 aliphatic rings. The fraction of sp³-hybridized carbons (Fsp3) is 0.308. The Labute approximate surface area is 98.2 Å². The van der Waals surface area contributed by atoms with E-state index in [0.717, 1.165) is 16.5 Å². The number of carboxylic acids is 1. The average Bonchev–Trinajstić information content (AvgIpc) is 2.96. The van der Waals surface area contributed by atoms with E-state index in [1.54, 1.807) is 6.26 Å². The number of carbonyl (C=O) groups is 1. The number of fused-ring (bicyclic) bond motifs is 1. The van der Waals surface area contributed by atoms with Gasteiger partial charge in [0.1, 0.15) is 5.58 Å². The summed E-state index contributed by atoms with van der Waals surface area (Å²) >= 11 is 0. The number of rotatable bonds is 2. The van der Waals surface area contributed by atoms with Crippen LogP contribution >= 0.6 is 0 Å². The van der Waals surface area contributed by atoms with Crippen molar-refractivity contribution >= 4 is 16.9 Å². The zero-order valence-corrected chi connectivity index (χ0v) is 9.22. The lowest BCUT2D eigenvalue weighted by Gasteiger charge is -2.14. The van der Waals surface area contributed by atoms with Gasteiger partial charge in [-0.3, -0.25) is 4.79 Å². The van der Waals surface area contributed by atoms with Crippen LogP contribution in [-0.2, 0) is 4.79 Å². The molecule has 2 N–H and O–H groups in total. The van der Waals surface area contributed by atoms with Crippen molar-refractivity contribution in [1.29, 1.82) is 0 Å². The van der Waals surface area contributed by atoms with Crippen LogP contribution in [0, 0.1) is 5.92 Å². The Balaban J connectivity index is 1.99. The summed E-state index contributed by atoms with van der Waals surface area (Å²) in [4.78, 5) is 11.1. The van der Waals surface area contributed by atoms with Gasteiger partial charge in [0, 0.05) is 24.4 Å². The number of carboxylic acid groups (broad SMARTS) is 1. The third-order valence-electron chi connectivity index (χ3n) is 3.44. The molecule has 4 heteroatoms. The van der Waals surface area contributed by atoms with E-state index in [-0.39, 0.29) is 11.8 Å². The van der Waals surface area contributed by atoms with Crippen molar-refractivity contribution in [2.75, 3.05) is 13.1 Å². The maximum absolute atomic E-state index is 11.1. The van der Waals surface area contributed by atoms with Crippen molar-refractivity contribution in [3.63, 3.8) is 0 Å². The number of benzene rings is 1. The number of nitrogens with one attached hydrogen (secondary N) is 1. The van der Waals surface area contributed by atoms with Gasteiger partial charge >= 0.3 is 5.97 Å². The molecule has 88 valence electrons. The predicted molar refractivity (Wildman–Crippen MR) is 63.0 cm³/mol. The van der Waals surface area contributed by atoms with E-state index < -0.39 is 5.97 Å². The smallest absolute Gasteiger partial charge is 0.308 e. The van der Waals surface area contributed by atoms with Crippen LogP contribution in [0.3, 0.4) is 0 Å². The fourth-order valence-electron chi connectivity index (χ4n) is 2.49. The molecular weight excluding hydrogens is 218 g/mol. The molecule has 2 heterocycles. The van der Waals surface area contributed by atoms with Gasteiger partial charge in [-0.25, -0.2) is 0 Å². The Morgan fingerprint density at radius 3 is 3.06 bits per heavy atom. The molecule has 2 aromatic rings. The number of hydrogen-bond donors (Lipinski definition) is 2. The molecule has 0 aliphatic carbocycles. The minimum Gasteiger partial charge on any atom is -0.481 e. The Hall–Kier alpha value is -1.81. The largest absolute Gasteiger partial charge is 0.481 e. The van der Waals surface area contributed by atoms with E-state index in [9.17, 15) is 4.79 Å². The lowest BCUT2D eigenvalue weighted by atomic mass is 9.89. The first-order chi connectivity index (χ1) is 8.25. The monoisotopic (exact) mass is 231 g/mol. The minimum absolute atomic E-state index is 0.0296. The third-order valence-corrected chi connectivity index (χ3v) is 3.44. The normalized spacial score (nSPS) is 24.2. The highest BCUT2D eigenvalue weighted by Crippen LogP contribution is 2.30. The summed E-state index contributed by atoms with van der Waals surface area (Å²) in [5, 5.41) is 13.3. The summed E-state index contributed by atoms with van der Waals surface area (Å²) in [6, 6.07) is 7.82. The molecule has 0 saturated carbocycles. The van der Waals surface area contributed by atoms with Gasteiger partial charge in [-0.15, -0.1) is 0 Å². The van der Waals surface area contributed by atoms with Gasteiger partial charge in [0.15, 0.2) is 0 Å². The van der Waals surface area contributed by atoms with Crippen LogP contribution in [0.5, 0.6) is 0 Å². The van der Waals surface area contributed by atoms with E-state index in [4.69, 9.17) is 9.52 Å². The van der Waals surface area contributed by atoms with Gasteiger partial charge in [0.25, 0.3) is 0 Å². The summed E-state index contributed by atoms with van der Waals surface area (Å²) < 4.78 is 5.35. The Morgan fingerprint density at radius 2 is 2.24 bits per heavy atom. The Kier molecular flexibility index (Phi) is 2.37. The van der Waals surface area contributed by atoms with E-state index in [0.29, 0.717) is 13.1 Å². The molecule has 0 amide bonds. The van der Waals surface area contributed by atoms with Crippen molar-refractivity contribution in [3.8, 4) is 0 Å². The van der Waals surface area contributed by atoms with Crippen LogP contribution in [0.2, 0.25) is 0 Å². The van der Waals surface area contributed by atoms with Crippen LogP contribution < -0.4 is 5.32 Å². The van der Waals surface area contributed by atoms with Crippen molar-refractivity contribution < 1.29 is 14.3 Å². The zero-order valence-electron chi connectivity index (χ0n) is 9.22. The number of aliphatic carboxylic acids is 1.